The quantitative estimate of drug-likeness (QED) is 0.566. The van der Waals surface area contributed by atoms with E-state index in [4.69, 9.17) is 4.74 Å². The van der Waals surface area contributed by atoms with Gasteiger partial charge in [0.2, 0.25) is 0 Å². The first-order valence-electron chi connectivity index (χ1n) is 4.83. The van der Waals surface area contributed by atoms with Gasteiger partial charge in [0.05, 0.1) is 6.61 Å². The van der Waals surface area contributed by atoms with E-state index >= 15 is 0 Å². The molecule has 0 atom stereocenters. The number of nitrogens with zero attached hydrogens (tertiary/aromatic N) is 1. The number of ether oxygens (including phenoxy) is 1. The summed E-state index contributed by atoms with van der Waals surface area (Å²) in [6, 6.07) is 0. The average molecular weight is 187 g/mol. The van der Waals surface area contributed by atoms with Gasteiger partial charge in [-0.3, -0.25) is 4.79 Å². The second-order valence-corrected chi connectivity index (χ2v) is 4.03. The Morgan fingerprint density at radius 2 is 1.85 bits per heavy atom. The zero-order chi connectivity index (χ0) is 10.3. The highest BCUT2D eigenvalue weighted by Gasteiger charge is 2.21. The minimum Gasteiger partial charge on any atom is -0.467 e. The molecule has 0 aromatic carbocycles. The highest BCUT2D eigenvalue weighted by molar-refractivity contribution is 5.36. The molecule has 0 fully saturated rings. The largest absolute Gasteiger partial charge is 0.467 e. The van der Waals surface area contributed by atoms with Crippen LogP contribution in [0.5, 0.6) is 0 Å². The van der Waals surface area contributed by atoms with Gasteiger partial charge in [-0.25, -0.2) is 0 Å². The topological polar surface area (TPSA) is 29.5 Å². The Labute approximate surface area is 81.1 Å². The third-order valence-corrected chi connectivity index (χ3v) is 2.09. The summed E-state index contributed by atoms with van der Waals surface area (Å²) in [5, 5.41) is 0. The fraction of sp³-hybridized carbons (Fsp3) is 0.900. The van der Waals surface area contributed by atoms with Crippen LogP contribution in [0.15, 0.2) is 0 Å². The molecule has 13 heavy (non-hydrogen) atoms. The van der Waals surface area contributed by atoms with Crippen molar-refractivity contribution in [1.29, 1.82) is 0 Å². The van der Waals surface area contributed by atoms with Gasteiger partial charge in [0.25, 0.3) is 6.47 Å². The van der Waals surface area contributed by atoms with Crippen molar-refractivity contribution in [2.45, 2.75) is 27.7 Å². The summed E-state index contributed by atoms with van der Waals surface area (Å²) in [6.45, 7) is 12.6. The number of carbonyl (C=O) groups is 1. The Hall–Kier alpha value is -0.570. The van der Waals surface area contributed by atoms with E-state index in [1.807, 2.05) is 0 Å². The maximum absolute atomic E-state index is 10.0. The number of hydrogen-bond donors (Lipinski definition) is 0. The molecule has 0 saturated carbocycles. The van der Waals surface area contributed by atoms with E-state index < -0.39 is 0 Å². The summed E-state index contributed by atoms with van der Waals surface area (Å²) in [5.41, 5.74) is 0.0485. The first kappa shape index (κ1) is 12.4. The van der Waals surface area contributed by atoms with E-state index in [2.05, 4.69) is 32.6 Å². The molecular formula is C10H21NO2. The maximum atomic E-state index is 10.0. The lowest BCUT2D eigenvalue weighted by atomic mass is 9.94. The van der Waals surface area contributed by atoms with Crippen LogP contribution in [0.2, 0.25) is 0 Å². The summed E-state index contributed by atoms with van der Waals surface area (Å²) in [7, 11) is 0. The molecule has 0 rings (SSSR count). The Balaban J connectivity index is 3.90. The highest BCUT2D eigenvalue weighted by Crippen LogP contribution is 2.16. The van der Waals surface area contributed by atoms with E-state index in [9.17, 15) is 4.79 Å². The third kappa shape index (κ3) is 5.64. The minimum absolute atomic E-state index is 0.0485. The van der Waals surface area contributed by atoms with E-state index in [1.54, 1.807) is 0 Å². The van der Waals surface area contributed by atoms with E-state index in [0.717, 1.165) is 19.6 Å². The first-order valence-corrected chi connectivity index (χ1v) is 4.83. The monoisotopic (exact) mass is 187 g/mol. The summed E-state index contributed by atoms with van der Waals surface area (Å²) in [5.74, 6) is 0. The fourth-order valence-electron chi connectivity index (χ4n) is 1.36. The van der Waals surface area contributed by atoms with Crippen LogP contribution < -0.4 is 0 Å². The molecule has 0 aliphatic rings. The molecule has 0 unspecified atom stereocenters. The standard InChI is InChI=1S/C10H21NO2/c1-5-11(6-2)7-10(3,4)8-13-9-12/h9H,5-8H2,1-4H3. The molecule has 0 heterocycles. The molecule has 78 valence electrons. The van der Waals surface area contributed by atoms with Gasteiger partial charge >= 0.3 is 0 Å². The molecule has 0 aliphatic carbocycles. The summed E-state index contributed by atoms with van der Waals surface area (Å²) >= 11 is 0. The molecule has 0 aromatic rings. The predicted octanol–water partition coefficient (Wildman–Crippen LogP) is 1.53. The Kier molecular flexibility index (Phi) is 5.71. The lowest BCUT2D eigenvalue weighted by Crippen LogP contribution is -2.36. The average Bonchev–Trinajstić information content (AvgIpc) is 2.11. The van der Waals surface area contributed by atoms with Crippen molar-refractivity contribution in [3.63, 3.8) is 0 Å². The maximum Gasteiger partial charge on any atom is 0.293 e. The molecule has 0 radical (unpaired) electrons. The van der Waals surface area contributed by atoms with Gasteiger partial charge in [-0.2, -0.15) is 0 Å². The molecule has 0 bridgehead atoms. The van der Waals surface area contributed by atoms with E-state index in [1.165, 1.54) is 0 Å². The molecule has 0 saturated heterocycles. The fourth-order valence-corrected chi connectivity index (χ4v) is 1.36. The van der Waals surface area contributed by atoms with Crippen LogP contribution >= 0.6 is 0 Å². The van der Waals surface area contributed by atoms with Crippen LogP contribution in [-0.4, -0.2) is 37.6 Å². The molecular weight excluding hydrogens is 166 g/mol. The Morgan fingerprint density at radius 1 is 1.31 bits per heavy atom. The van der Waals surface area contributed by atoms with Crippen LogP contribution in [-0.2, 0) is 9.53 Å². The van der Waals surface area contributed by atoms with Gasteiger partial charge in [-0.05, 0) is 13.1 Å². The zero-order valence-corrected chi connectivity index (χ0v) is 9.17. The van der Waals surface area contributed by atoms with Gasteiger partial charge in [-0.1, -0.05) is 27.7 Å². The van der Waals surface area contributed by atoms with Gasteiger partial charge < -0.3 is 9.64 Å². The van der Waals surface area contributed by atoms with Crippen molar-refractivity contribution in [2.24, 2.45) is 5.41 Å². The number of hydrogen-bond acceptors (Lipinski definition) is 3. The molecule has 0 spiro atoms. The van der Waals surface area contributed by atoms with Crippen molar-refractivity contribution >= 4 is 6.47 Å². The van der Waals surface area contributed by atoms with Gasteiger partial charge in [-0.15, -0.1) is 0 Å². The molecule has 0 aliphatic heterocycles. The van der Waals surface area contributed by atoms with Crippen LogP contribution in [0.25, 0.3) is 0 Å². The Morgan fingerprint density at radius 3 is 2.23 bits per heavy atom. The first-order chi connectivity index (χ1) is 6.05. The lowest BCUT2D eigenvalue weighted by molar-refractivity contribution is -0.131. The van der Waals surface area contributed by atoms with Crippen molar-refractivity contribution in [1.82, 2.24) is 4.90 Å². The SMILES string of the molecule is CCN(CC)CC(C)(C)COC=O. The second-order valence-electron chi connectivity index (χ2n) is 4.03. The number of rotatable bonds is 7. The van der Waals surface area contributed by atoms with Crippen LogP contribution in [0, 0.1) is 5.41 Å². The molecule has 0 amide bonds. The summed E-state index contributed by atoms with van der Waals surface area (Å²) < 4.78 is 4.78. The lowest BCUT2D eigenvalue weighted by Gasteiger charge is -2.30. The number of carbonyl (C=O) groups excluding carboxylic acids is 1. The molecule has 3 heteroatoms. The smallest absolute Gasteiger partial charge is 0.293 e. The van der Waals surface area contributed by atoms with Crippen molar-refractivity contribution in [3.05, 3.63) is 0 Å². The van der Waals surface area contributed by atoms with Crippen molar-refractivity contribution in [2.75, 3.05) is 26.2 Å². The summed E-state index contributed by atoms with van der Waals surface area (Å²) in [4.78, 5) is 12.4. The van der Waals surface area contributed by atoms with Crippen LogP contribution in [0.1, 0.15) is 27.7 Å². The van der Waals surface area contributed by atoms with E-state index in [-0.39, 0.29) is 5.41 Å². The summed E-state index contributed by atoms with van der Waals surface area (Å²) in [6.07, 6.45) is 0. The molecule has 0 aromatic heterocycles. The minimum atomic E-state index is 0.0485. The third-order valence-electron chi connectivity index (χ3n) is 2.09. The van der Waals surface area contributed by atoms with Crippen molar-refractivity contribution in [3.8, 4) is 0 Å². The van der Waals surface area contributed by atoms with Gasteiger partial charge in [0, 0.05) is 12.0 Å². The van der Waals surface area contributed by atoms with Crippen LogP contribution in [0.4, 0.5) is 0 Å². The van der Waals surface area contributed by atoms with Gasteiger partial charge in [0.15, 0.2) is 0 Å². The molecule has 3 nitrogen and oxygen atoms in total. The zero-order valence-electron chi connectivity index (χ0n) is 9.17. The molecule has 0 N–H and O–H groups in total. The van der Waals surface area contributed by atoms with Crippen LogP contribution in [0.3, 0.4) is 0 Å². The van der Waals surface area contributed by atoms with Crippen molar-refractivity contribution < 1.29 is 9.53 Å². The van der Waals surface area contributed by atoms with Gasteiger partial charge in [0.1, 0.15) is 0 Å². The normalized spacial score (nSPS) is 11.8. The van der Waals surface area contributed by atoms with E-state index in [0.29, 0.717) is 13.1 Å². The highest BCUT2D eigenvalue weighted by atomic mass is 16.5. The predicted molar refractivity (Wildman–Crippen MR) is 53.6 cm³/mol. The Bertz CT molecular complexity index is 142. The second kappa shape index (κ2) is 5.97.